The van der Waals surface area contributed by atoms with Crippen LogP contribution in [0.1, 0.15) is 16.8 Å². The van der Waals surface area contributed by atoms with Crippen LogP contribution in [0.4, 0.5) is 5.82 Å². The third kappa shape index (κ3) is 2.26. The van der Waals surface area contributed by atoms with E-state index in [4.69, 9.17) is 5.84 Å². The Balaban J connectivity index is 2.60. The summed E-state index contributed by atoms with van der Waals surface area (Å²) in [5.41, 5.74) is 6.93. The molecule has 0 bridgehead atoms. The topological polar surface area (TPSA) is 63.8 Å². The molecule has 1 aromatic carbocycles. The zero-order chi connectivity index (χ0) is 12.4. The summed E-state index contributed by atoms with van der Waals surface area (Å²) in [6.45, 7) is 6.08. The minimum Gasteiger partial charge on any atom is -0.308 e. The van der Waals surface area contributed by atoms with Gasteiger partial charge in [0.15, 0.2) is 5.82 Å². The van der Waals surface area contributed by atoms with Gasteiger partial charge in [-0.25, -0.2) is 15.8 Å². The third-order valence-electron chi connectivity index (χ3n) is 2.85. The Kier molecular flexibility index (Phi) is 3.06. The van der Waals surface area contributed by atoms with E-state index >= 15 is 0 Å². The summed E-state index contributed by atoms with van der Waals surface area (Å²) < 4.78 is 0. The van der Waals surface area contributed by atoms with Gasteiger partial charge in [-0.15, -0.1) is 0 Å². The molecule has 0 fully saturated rings. The number of nitrogens with one attached hydrogen (secondary N) is 1. The van der Waals surface area contributed by atoms with Crippen molar-refractivity contribution in [2.45, 2.75) is 20.8 Å². The van der Waals surface area contributed by atoms with Crippen LogP contribution >= 0.6 is 0 Å². The van der Waals surface area contributed by atoms with Crippen LogP contribution in [0.15, 0.2) is 24.3 Å². The highest BCUT2D eigenvalue weighted by Gasteiger charge is 2.08. The maximum Gasteiger partial charge on any atom is 0.162 e. The van der Waals surface area contributed by atoms with Crippen molar-refractivity contribution in [1.29, 1.82) is 0 Å². The minimum atomic E-state index is 0.633. The molecule has 0 unspecified atom stereocenters. The average molecular weight is 228 g/mol. The van der Waals surface area contributed by atoms with E-state index in [1.807, 2.05) is 25.1 Å². The SMILES string of the molecule is Cc1cc(NN)nc(-c2cccc(C)c2C)n1. The predicted molar refractivity (Wildman–Crippen MR) is 69.5 cm³/mol. The van der Waals surface area contributed by atoms with E-state index < -0.39 is 0 Å². The fraction of sp³-hybridized carbons (Fsp3) is 0.231. The number of aromatic nitrogens is 2. The summed E-state index contributed by atoms with van der Waals surface area (Å²) >= 11 is 0. The molecular weight excluding hydrogens is 212 g/mol. The second kappa shape index (κ2) is 4.51. The van der Waals surface area contributed by atoms with Gasteiger partial charge in [-0.05, 0) is 31.9 Å². The Morgan fingerprint density at radius 3 is 2.59 bits per heavy atom. The first kappa shape index (κ1) is 11.5. The predicted octanol–water partition coefficient (Wildman–Crippen LogP) is 2.35. The van der Waals surface area contributed by atoms with Gasteiger partial charge in [0.05, 0.1) is 0 Å². The Hall–Kier alpha value is -1.94. The molecule has 0 saturated heterocycles. The number of benzene rings is 1. The molecule has 0 radical (unpaired) electrons. The van der Waals surface area contributed by atoms with Crippen LogP contribution in [-0.4, -0.2) is 9.97 Å². The Labute approximate surface area is 101 Å². The number of rotatable bonds is 2. The molecule has 0 saturated carbocycles. The second-order valence-electron chi connectivity index (χ2n) is 4.11. The molecule has 1 aromatic heterocycles. The van der Waals surface area contributed by atoms with E-state index in [9.17, 15) is 0 Å². The molecule has 1 heterocycles. The van der Waals surface area contributed by atoms with Gasteiger partial charge >= 0.3 is 0 Å². The molecule has 2 aromatic rings. The van der Waals surface area contributed by atoms with Gasteiger partial charge < -0.3 is 5.43 Å². The maximum atomic E-state index is 5.39. The van der Waals surface area contributed by atoms with E-state index in [0.717, 1.165) is 11.3 Å². The molecule has 3 N–H and O–H groups in total. The monoisotopic (exact) mass is 228 g/mol. The number of nitrogens with two attached hydrogens (primary N) is 1. The summed E-state index contributed by atoms with van der Waals surface area (Å²) in [4.78, 5) is 8.82. The Morgan fingerprint density at radius 2 is 1.88 bits per heavy atom. The molecule has 88 valence electrons. The normalized spacial score (nSPS) is 10.4. The quantitative estimate of drug-likeness (QED) is 0.611. The zero-order valence-electron chi connectivity index (χ0n) is 10.3. The van der Waals surface area contributed by atoms with Crippen LogP contribution in [0, 0.1) is 20.8 Å². The fourth-order valence-corrected chi connectivity index (χ4v) is 1.76. The average Bonchev–Trinajstić information content (AvgIpc) is 2.31. The molecule has 0 spiro atoms. The second-order valence-corrected chi connectivity index (χ2v) is 4.11. The highest BCUT2D eigenvalue weighted by Crippen LogP contribution is 2.23. The smallest absolute Gasteiger partial charge is 0.162 e. The number of nitrogen functional groups attached to an aromatic ring is 1. The molecule has 0 atom stereocenters. The highest BCUT2D eigenvalue weighted by molar-refractivity contribution is 5.63. The van der Waals surface area contributed by atoms with E-state index in [2.05, 4.69) is 35.3 Å². The lowest BCUT2D eigenvalue weighted by molar-refractivity contribution is 1.09. The van der Waals surface area contributed by atoms with Gasteiger partial charge in [0.1, 0.15) is 5.82 Å². The number of anilines is 1. The van der Waals surface area contributed by atoms with Gasteiger partial charge in [0.2, 0.25) is 0 Å². The van der Waals surface area contributed by atoms with Crippen molar-refractivity contribution in [2.24, 2.45) is 5.84 Å². The van der Waals surface area contributed by atoms with Gasteiger partial charge in [0.25, 0.3) is 0 Å². The van der Waals surface area contributed by atoms with Crippen LogP contribution in [0.3, 0.4) is 0 Å². The fourth-order valence-electron chi connectivity index (χ4n) is 1.76. The molecule has 0 aliphatic rings. The van der Waals surface area contributed by atoms with Gasteiger partial charge in [-0.1, -0.05) is 18.2 Å². The lowest BCUT2D eigenvalue weighted by atomic mass is 10.0. The van der Waals surface area contributed by atoms with Crippen LogP contribution in [0.25, 0.3) is 11.4 Å². The molecule has 2 rings (SSSR count). The number of hydrogen-bond acceptors (Lipinski definition) is 4. The highest BCUT2D eigenvalue weighted by atomic mass is 15.3. The van der Waals surface area contributed by atoms with Crippen molar-refractivity contribution in [1.82, 2.24) is 9.97 Å². The maximum absolute atomic E-state index is 5.39. The summed E-state index contributed by atoms with van der Waals surface area (Å²) in [7, 11) is 0. The van der Waals surface area contributed by atoms with Crippen molar-refractivity contribution in [3.05, 3.63) is 41.1 Å². The zero-order valence-corrected chi connectivity index (χ0v) is 10.3. The van der Waals surface area contributed by atoms with E-state index in [-0.39, 0.29) is 0 Å². The standard InChI is InChI=1S/C13H16N4/c1-8-5-4-6-11(10(8)3)13-15-9(2)7-12(16-13)17-14/h4-7H,14H2,1-3H3,(H,15,16,17). The van der Waals surface area contributed by atoms with Gasteiger partial charge in [0, 0.05) is 17.3 Å². The van der Waals surface area contributed by atoms with Crippen molar-refractivity contribution in [3.8, 4) is 11.4 Å². The first-order valence-corrected chi connectivity index (χ1v) is 5.50. The van der Waals surface area contributed by atoms with Crippen molar-refractivity contribution < 1.29 is 0 Å². The van der Waals surface area contributed by atoms with Crippen molar-refractivity contribution in [3.63, 3.8) is 0 Å². The van der Waals surface area contributed by atoms with Crippen molar-refractivity contribution in [2.75, 3.05) is 5.43 Å². The molecular formula is C13H16N4. The molecule has 4 heteroatoms. The van der Waals surface area contributed by atoms with Crippen molar-refractivity contribution >= 4 is 5.82 Å². The number of hydrogen-bond donors (Lipinski definition) is 2. The van der Waals surface area contributed by atoms with E-state index in [1.54, 1.807) is 0 Å². The van der Waals surface area contributed by atoms with Crippen LogP contribution in [-0.2, 0) is 0 Å². The number of nitrogens with zero attached hydrogens (tertiary/aromatic N) is 2. The van der Waals surface area contributed by atoms with E-state index in [0.29, 0.717) is 11.6 Å². The lowest BCUT2D eigenvalue weighted by Crippen LogP contribution is -2.10. The molecule has 0 aliphatic carbocycles. The van der Waals surface area contributed by atoms with Crippen LogP contribution < -0.4 is 11.3 Å². The number of hydrazine groups is 1. The lowest BCUT2D eigenvalue weighted by Gasteiger charge is -2.09. The summed E-state index contributed by atoms with van der Waals surface area (Å²) in [5, 5.41) is 0. The first-order chi connectivity index (χ1) is 8.11. The molecule has 0 aliphatic heterocycles. The van der Waals surface area contributed by atoms with Gasteiger partial charge in [-0.3, -0.25) is 0 Å². The minimum absolute atomic E-state index is 0.633. The van der Waals surface area contributed by atoms with Crippen LogP contribution in [0.5, 0.6) is 0 Å². The molecule has 17 heavy (non-hydrogen) atoms. The summed E-state index contributed by atoms with van der Waals surface area (Å²) in [6.07, 6.45) is 0. The molecule has 0 amide bonds. The Bertz CT molecular complexity index is 549. The largest absolute Gasteiger partial charge is 0.308 e. The summed E-state index contributed by atoms with van der Waals surface area (Å²) in [6, 6.07) is 7.93. The van der Waals surface area contributed by atoms with E-state index in [1.165, 1.54) is 11.1 Å². The number of aryl methyl sites for hydroxylation is 2. The van der Waals surface area contributed by atoms with Gasteiger partial charge in [-0.2, -0.15) is 0 Å². The third-order valence-corrected chi connectivity index (χ3v) is 2.85. The Morgan fingerprint density at radius 1 is 1.12 bits per heavy atom. The molecule has 4 nitrogen and oxygen atoms in total. The first-order valence-electron chi connectivity index (χ1n) is 5.50. The summed E-state index contributed by atoms with van der Waals surface area (Å²) in [5.74, 6) is 6.73. The van der Waals surface area contributed by atoms with Crippen LogP contribution in [0.2, 0.25) is 0 Å².